The van der Waals surface area contributed by atoms with Crippen LogP contribution in [0.5, 0.6) is 5.88 Å². The molecule has 156 valence electrons. The van der Waals surface area contributed by atoms with Crippen LogP contribution < -0.4 is 11.2 Å². The first-order valence-corrected chi connectivity index (χ1v) is 10.5. The highest BCUT2D eigenvalue weighted by molar-refractivity contribution is 7.16. The summed E-state index contributed by atoms with van der Waals surface area (Å²) in [6.07, 6.45) is 4.99. The topological polar surface area (TPSA) is 103 Å². The lowest BCUT2D eigenvalue weighted by Gasteiger charge is -2.20. The zero-order chi connectivity index (χ0) is 21.3. The number of nitrogens with zero attached hydrogens (tertiary/aromatic N) is 3. The Kier molecular flexibility index (Phi) is 6.07. The van der Waals surface area contributed by atoms with Crippen molar-refractivity contribution in [1.29, 1.82) is 0 Å². The van der Waals surface area contributed by atoms with E-state index < -0.39 is 23.1 Å². The molecule has 0 amide bonds. The quantitative estimate of drug-likeness (QED) is 0.592. The number of thiophene rings is 1. The van der Waals surface area contributed by atoms with E-state index in [4.69, 9.17) is 4.74 Å². The summed E-state index contributed by atoms with van der Waals surface area (Å²) in [5, 5.41) is 10.7. The number of carbonyl (C=O) groups excluding carboxylic acids is 1. The van der Waals surface area contributed by atoms with Crippen LogP contribution in [0.2, 0.25) is 0 Å². The van der Waals surface area contributed by atoms with Crippen LogP contribution in [0.25, 0.3) is 0 Å². The van der Waals surface area contributed by atoms with Crippen LogP contribution in [-0.4, -0.2) is 33.0 Å². The largest absolute Gasteiger partial charge is 0.494 e. The van der Waals surface area contributed by atoms with Crippen LogP contribution in [0, 0.1) is 5.92 Å². The minimum atomic E-state index is -0.653. The lowest BCUT2D eigenvalue weighted by molar-refractivity contribution is 0.0526. The SMILES string of the molecule is CCOC(=O)c1c(/N=C/c2c(O)n(C)c(=O)n(C)c2=O)sc2c1CC[C@@H](CC)C2. The molecule has 0 fully saturated rings. The number of ether oxygens (including phenoxy) is 1. The van der Waals surface area contributed by atoms with E-state index in [9.17, 15) is 19.5 Å². The van der Waals surface area contributed by atoms with Gasteiger partial charge in [0.1, 0.15) is 10.6 Å². The van der Waals surface area contributed by atoms with E-state index >= 15 is 0 Å². The van der Waals surface area contributed by atoms with Gasteiger partial charge < -0.3 is 9.84 Å². The molecule has 0 saturated heterocycles. The first-order valence-electron chi connectivity index (χ1n) is 9.64. The number of fused-ring (bicyclic) bond motifs is 1. The average Bonchev–Trinajstić information content (AvgIpc) is 3.08. The molecule has 2 aromatic rings. The molecule has 29 heavy (non-hydrogen) atoms. The number of esters is 1. The number of aromatic nitrogens is 2. The number of aromatic hydroxyl groups is 1. The van der Waals surface area contributed by atoms with Gasteiger partial charge in [0, 0.05) is 25.2 Å². The molecule has 1 aliphatic carbocycles. The van der Waals surface area contributed by atoms with Crippen LogP contribution in [0.4, 0.5) is 5.00 Å². The Morgan fingerprint density at radius 2 is 2.03 bits per heavy atom. The van der Waals surface area contributed by atoms with Gasteiger partial charge in [-0.1, -0.05) is 13.3 Å². The van der Waals surface area contributed by atoms with E-state index in [1.54, 1.807) is 6.92 Å². The molecular weight excluding hydrogens is 394 g/mol. The number of hydrogen-bond donors (Lipinski definition) is 1. The van der Waals surface area contributed by atoms with Gasteiger partial charge in [0.15, 0.2) is 0 Å². The van der Waals surface area contributed by atoms with Gasteiger partial charge in [0.05, 0.1) is 12.2 Å². The van der Waals surface area contributed by atoms with Crippen LogP contribution in [0.1, 0.15) is 53.1 Å². The van der Waals surface area contributed by atoms with E-state index in [0.717, 1.165) is 45.3 Å². The highest BCUT2D eigenvalue weighted by Gasteiger charge is 2.29. The predicted octanol–water partition coefficient (Wildman–Crippen LogP) is 2.29. The fourth-order valence-corrected chi connectivity index (χ4v) is 4.88. The molecule has 0 aromatic carbocycles. The van der Waals surface area contributed by atoms with Crippen molar-refractivity contribution in [3.8, 4) is 5.88 Å². The van der Waals surface area contributed by atoms with E-state index in [0.29, 0.717) is 16.5 Å². The number of hydrogen-bond acceptors (Lipinski definition) is 7. The van der Waals surface area contributed by atoms with Crippen LogP contribution in [0.15, 0.2) is 14.6 Å². The lowest BCUT2D eigenvalue weighted by atomic mass is 9.86. The van der Waals surface area contributed by atoms with E-state index in [1.165, 1.54) is 31.6 Å². The van der Waals surface area contributed by atoms with Crippen LogP contribution in [-0.2, 0) is 31.7 Å². The molecule has 0 spiro atoms. The molecule has 1 N–H and O–H groups in total. The van der Waals surface area contributed by atoms with Crippen molar-refractivity contribution < 1.29 is 14.6 Å². The molecule has 9 heteroatoms. The zero-order valence-electron chi connectivity index (χ0n) is 17.0. The average molecular weight is 420 g/mol. The molecule has 8 nitrogen and oxygen atoms in total. The van der Waals surface area contributed by atoms with Gasteiger partial charge in [-0.2, -0.15) is 0 Å². The Labute approximate surface area is 172 Å². The molecule has 0 aliphatic heterocycles. The second-order valence-electron chi connectivity index (χ2n) is 7.12. The fourth-order valence-electron chi connectivity index (χ4n) is 3.59. The monoisotopic (exact) mass is 419 g/mol. The van der Waals surface area contributed by atoms with Crippen LogP contribution >= 0.6 is 11.3 Å². The minimum absolute atomic E-state index is 0.109. The molecule has 0 saturated carbocycles. The Bertz CT molecular complexity index is 1090. The second-order valence-corrected chi connectivity index (χ2v) is 8.21. The maximum Gasteiger partial charge on any atom is 0.341 e. The molecule has 3 rings (SSSR count). The Morgan fingerprint density at radius 3 is 2.69 bits per heavy atom. The van der Waals surface area contributed by atoms with Gasteiger partial charge in [0.2, 0.25) is 5.88 Å². The van der Waals surface area contributed by atoms with E-state index in [-0.39, 0.29) is 12.2 Å². The highest BCUT2D eigenvalue weighted by atomic mass is 32.1. The Morgan fingerprint density at radius 1 is 1.31 bits per heavy atom. The molecule has 1 atom stereocenters. The van der Waals surface area contributed by atoms with Crippen molar-refractivity contribution >= 4 is 28.5 Å². The molecule has 0 unspecified atom stereocenters. The zero-order valence-corrected chi connectivity index (χ0v) is 17.8. The molecule has 1 aliphatic rings. The highest BCUT2D eigenvalue weighted by Crippen LogP contribution is 2.42. The molecule has 2 aromatic heterocycles. The van der Waals surface area contributed by atoms with Gasteiger partial charge in [-0.25, -0.2) is 14.6 Å². The van der Waals surface area contributed by atoms with Crippen molar-refractivity contribution in [1.82, 2.24) is 9.13 Å². The van der Waals surface area contributed by atoms with E-state index in [1.807, 2.05) is 0 Å². The third-order valence-electron chi connectivity index (χ3n) is 5.38. The summed E-state index contributed by atoms with van der Waals surface area (Å²) in [7, 11) is 2.70. The first-order chi connectivity index (χ1) is 13.8. The minimum Gasteiger partial charge on any atom is -0.494 e. The van der Waals surface area contributed by atoms with Gasteiger partial charge in [0.25, 0.3) is 5.56 Å². The third kappa shape index (κ3) is 3.78. The Hall–Kier alpha value is -2.68. The normalized spacial score (nSPS) is 16.2. The number of rotatable bonds is 5. The second kappa shape index (κ2) is 8.36. The summed E-state index contributed by atoms with van der Waals surface area (Å²) < 4.78 is 7.11. The molecule has 0 bridgehead atoms. The maximum absolute atomic E-state index is 12.6. The maximum atomic E-state index is 12.6. The molecular formula is C20H25N3O5S. The summed E-state index contributed by atoms with van der Waals surface area (Å²) in [5.74, 6) is -0.315. The van der Waals surface area contributed by atoms with Crippen molar-refractivity contribution in [2.45, 2.75) is 39.5 Å². The third-order valence-corrected chi connectivity index (χ3v) is 6.55. The standard InChI is InChI=1S/C20H25N3O5S/c1-5-11-7-8-12-14(9-11)29-16(15(12)19(26)28-6-2)21-10-13-17(24)22(3)20(27)23(4)18(13)25/h10-11,24H,5-9H2,1-4H3/b21-10+/t11-/m1/s1. The summed E-state index contributed by atoms with van der Waals surface area (Å²) in [4.78, 5) is 42.4. The van der Waals surface area contributed by atoms with Crippen LogP contribution in [0.3, 0.4) is 0 Å². The summed E-state index contributed by atoms with van der Waals surface area (Å²) in [6, 6.07) is 0. The predicted molar refractivity (Wildman–Crippen MR) is 112 cm³/mol. The summed E-state index contributed by atoms with van der Waals surface area (Å²) in [5.41, 5.74) is 0.0253. The van der Waals surface area contributed by atoms with Gasteiger partial charge >= 0.3 is 11.7 Å². The summed E-state index contributed by atoms with van der Waals surface area (Å²) >= 11 is 1.42. The van der Waals surface area contributed by atoms with Crippen molar-refractivity contribution in [2.24, 2.45) is 25.0 Å². The number of carbonyl (C=O) groups is 1. The summed E-state index contributed by atoms with van der Waals surface area (Å²) in [6.45, 7) is 4.16. The fraction of sp³-hybridized carbons (Fsp3) is 0.500. The van der Waals surface area contributed by atoms with Gasteiger partial charge in [-0.05, 0) is 37.7 Å². The Balaban J connectivity index is 2.11. The van der Waals surface area contributed by atoms with Crippen molar-refractivity contribution in [3.63, 3.8) is 0 Å². The number of aliphatic imine (C=N–C) groups is 1. The molecule has 0 radical (unpaired) electrons. The lowest BCUT2D eigenvalue weighted by Crippen LogP contribution is -2.38. The van der Waals surface area contributed by atoms with Gasteiger partial charge in [-0.15, -0.1) is 11.3 Å². The smallest absolute Gasteiger partial charge is 0.341 e. The molecule has 2 heterocycles. The van der Waals surface area contributed by atoms with Crippen molar-refractivity contribution in [3.05, 3.63) is 42.4 Å². The van der Waals surface area contributed by atoms with Crippen molar-refractivity contribution in [2.75, 3.05) is 6.61 Å². The van der Waals surface area contributed by atoms with E-state index in [2.05, 4.69) is 11.9 Å². The van der Waals surface area contributed by atoms with Gasteiger partial charge in [-0.3, -0.25) is 13.9 Å². The first kappa shape index (κ1) is 21.0.